The molecule has 0 saturated carbocycles. The number of nitrogens with one attached hydrogen (secondary N) is 2. The fraction of sp³-hybridized carbons (Fsp3) is 0.250. The Morgan fingerprint density at radius 1 is 1.04 bits per heavy atom. The van der Waals surface area contributed by atoms with Gasteiger partial charge in [0.1, 0.15) is 11.5 Å². The molecule has 0 heterocycles. The number of sulfonamides is 1. The quantitative estimate of drug-likeness (QED) is 0.624. The van der Waals surface area contributed by atoms with Crippen molar-refractivity contribution in [2.75, 3.05) is 21.3 Å². The number of carbonyl (C=O) groups is 1. The van der Waals surface area contributed by atoms with Crippen LogP contribution in [0.15, 0.2) is 48.5 Å². The predicted molar refractivity (Wildman–Crippen MR) is 109 cm³/mol. The first-order valence-electron chi connectivity index (χ1n) is 8.54. The highest BCUT2D eigenvalue weighted by Gasteiger charge is 2.08. The molecule has 8 heteroatoms. The molecule has 0 aliphatic heterocycles. The van der Waals surface area contributed by atoms with Crippen molar-refractivity contribution in [3.8, 4) is 11.5 Å². The molecule has 0 atom stereocenters. The summed E-state index contributed by atoms with van der Waals surface area (Å²) in [6.45, 7) is 0.331. The Kier molecular flexibility index (Phi) is 7.60. The van der Waals surface area contributed by atoms with E-state index >= 15 is 0 Å². The Labute approximate surface area is 165 Å². The fourth-order valence-corrected chi connectivity index (χ4v) is 3.20. The number of hydrogen-bond donors (Lipinski definition) is 2. The second-order valence-corrected chi connectivity index (χ2v) is 7.87. The molecule has 2 aromatic rings. The third kappa shape index (κ3) is 6.40. The highest BCUT2D eigenvalue weighted by atomic mass is 32.2. The lowest BCUT2D eigenvalue weighted by Gasteiger charge is -2.07. The molecule has 1 amide bonds. The molecule has 0 bridgehead atoms. The van der Waals surface area contributed by atoms with Crippen LogP contribution in [0.2, 0.25) is 0 Å². The lowest BCUT2D eigenvalue weighted by Crippen LogP contribution is -2.21. The molecule has 28 heavy (non-hydrogen) atoms. The van der Waals surface area contributed by atoms with Crippen molar-refractivity contribution in [2.24, 2.45) is 0 Å². The first-order chi connectivity index (χ1) is 13.4. The summed E-state index contributed by atoms with van der Waals surface area (Å²) in [6, 6.07) is 12.4. The summed E-state index contributed by atoms with van der Waals surface area (Å²) in [5, 5.41) is 2.79. The molecule has 0 aliphatic rings. The number of methoxy groups -OCH3 is 2. The van der Waals surface area contributed by atoms with Gasteiger partial charge >= 0.3 is 0 Å². The monoisotopic (exact) mass is 404 g/mol. The number of ether oxygens (including phenoxy) is 2. The molecular formula is C20H24N2O5S. The van der Waals surface area contributed by atoms with Gasteiger partial charge in [0.2, 0.25) is 15.9 Å². The molecule has 0 aromatic heterocycles. The van der Waals surface area contributed by atoms with Crippen LogP contribution in [0.1, 0.15) is 16.7 Å². The summed E-state index contributed by atoms with van der Waals surface area (Å²) in [5.74, 6) is 0.964. The van der Waals surface area contributed by atoms with Crippen LogP contribution < -0.4 is 19.5 Å². The zero-order valence-electron chi connectivity index (χ0n) is 16.1. The van der Waals surface area contributed by atoms with Crippen LogP contribution in [-0.2, 0) is 27.1 Å². The van der Waals surface area contributed by atoms with E-state index in [1.807, 2.05) is 0 Å². The molecule has 0 unspecified atom stereocenters. The van der Waals surface area contributed by atoms with Crippen LogP contribution in [0, 0.1) is 0 Å². The van der Waals surface area contributed by atoms with E-state index in [-0.39, 0.29) is 11.7 Å². The van der Waals surface area contributed by atoms with Crippen LogP contribution in [-0.4, -0.2) is 35.6 Å². The van der Waals surface area contributed by atoms with Crippen LogP contribution >= 0.6 is 0 Å². The SMILES string of the molecule is CNS(=O)(=O)Cc1ccc(CNC(=O)/C=C/c2cc(OC)ccc2OC)cc1. The summed E-state index contributed by atoms with van der Waals surface area (Å²) in [7, 11) is 1.21. The summed E-state index contributed by atoms with van der Waals surface area (Å²) in [5.41, 5.74) is 2.27. The van der Waals surface area contributed by atoms with Gasteiger partial charge in [0.05, 0.1) is 20.0 Å². The maximum Gasteiger partial charge on any atom is 0.244 e. The maximum absolute atomic E-state index is 12.1. The highest BCUT2D eigenvalue weighted by Crippen LogP contribution is 2.25. The smallest absolute Gasteiger partial charge is 0.244 e. The van der Waals surface area contributed by atoms with Crippen molar-refractivity contribution in [3.63, 3.8) is 0 Å². The van der Waals surface area contributed by atoms with Crippen molar-refractivity contribution in [2.45, 2.75) is 12.3 Å². The second kappa shape index (κ2) is 9.91. The van der Waals surface area contributed by atoms with Crippen molar-refractivity contribution in [1.82, 2.24) is 10.0 Å². The first-order valence-corrected chi connectivity index (χ1v) is 10.2. The number of rotatable bonds is 9. The minimum Gasteiger partial charge on any atom is -0.497 e. The third-order valence-corrected chi connectivity index (χ3v) is 5.34. The van der Waals surface area contributed by atoms with Gasteiger partial charge < -0.3 is 14.8 Å². The third-order valence-electron chi connectivity index (χ3n) is 4.01. The molecule has 0 spiro atoms. The Bertz CT molecular complexity index is 938. The van der Waals surface area contributed by atoms with E-state index in [4.69, 9.17) is 9.47 Å². The Hall–Kier alpha value is -2.84. The number of carbonyl (C=O) groups excluding carboxylic acids is 1. The van der Waals surface area contributed by atoms with Crippen LogP contribution in [0.5, 0.6) is 11.5 Å². The van der Waals surface area contributed by atoms with Crippen LogP contribution in [0.25, 0.3) is 6.08 Å². The number of hydrogen-bond acceptors (Lipinski definition) is 5. The van der Waals surface area contributed by atoms with E-state index < -0.39 is 10.0 Å². The molecular weight excluding hydrogens is 380 g/mol. The van der Waals surface area contributed by atoms with Crippen LogP contribution in [0.3, 0.4) is 0 Å². The van der Waals surface area contributed by atoms with Gasteiger partial charge in [-0.15, -0.1) is 0 Å². The van der Waals surface area contributed by atoms with E-state index in [1.165, 1.54) is 13.1 Å². The first kappa shape index (κ1) is 21.5. The van der Waals surface area contributed by atoms with Crippen molar-refractivity contribution < 1.29 is 22.7 Å². The average Bonchev–Trinajstić information content (AvgIpc) is 2.71. The van der Waals surface area contributed by atoms with E-state index in [1.54, 1.807) is 62.8 Å². The molecule has 7 nitrogen and oxygen atoms in total. The normalized spacial score (nSPS) is 11.4. The van der Waals surface area contributed by atoms with Crippen molar-refractivity contribution in [1.29, 1.82) is 0 Å². The lowest BCUT2D eigenvalue weighted by atomic mass is 10.1. The zero-order chi connectivity index (χ0) is 20.6. The van der Waals surface area contributed by atoms with E-state index in [9.17, 15) is 13.2 Å². The summed E-state index contributed by atoms with van der Waals surface area (Å²) in [4.78, 5) is 12.1. The van der Waals surface area contributed by atoms with Gasteiger partial charge in [-0.2, -0.15) is 0 Å². The largest absolute Gasteiger partial charge is 0.497 e. The predicted octanol–water partition coefficient (Wildman–Crippen LogP) is 2.08. The molecule has 150 valence electrons. The number of amides is 1. The van der Waals surface area contributed by atoms with E-state index in [0.717, 1.165) is 11.1 Å². The molecule has 2 rings (SSSR count). The Balaban J connectivity index is 1.95. The van der Waals surface area contributed by atoms with Gasteiger partial charge in [0.15, 0.2) is 0 Å². The van der Waals surface area contributed by atoms with Gasteiger partial charge in [-0.3, -0.25) is 4.79 Å². The van der Waals surface area contributed by atoms with E-state index in [2.05, 4.69) is 10.0 Å². The molecule has 0 aliphatic carbocycles. The van der Waals surface area contributed by atoms with Crippen molar-refractivity contribution >= 4 is 22.0 Å². The molecule has 0 fully saturated rings. The maximum atomic E-state index is 12.1. The van der Waals surface area contributed by atoms with Gasteiger partial charge in [-0.05, 0) is 42.4 Å². The molecule has 0 saturated heterocycles. The minimum atomic E-state index is -3.30. The summed E-state index contributed by atoms with van der Waals surface area (Å²) < 4.78 is 35.8. The topological polar surface area (TPSA) is 93.7 Å². The van der Waals surface area contributed by atoms with Crippen LogP contribution in [0.4, 0.5) is 0 Å². The van der Waals surface area contributed by atoms with Gasteiger partial charge in [-0.1, -0.05) is 24.3 Å². The van der Waals surface area contributed by atoms with Crippen molar-refractivity contribution in [3.05, 3.63) is 65.2 Å². The molecule has 2 aromatic carbocycles. The second-order valence-electron chi connectivity index (χ2n) is 5.94. The molecule has 2 N–H and O–H groups in total. The van der Waals surface area contributed by atoms with Gasteiger partial charge in [0, 0.05) is 18.2 Å². The molecule has 0 radical (unpaired) electrons. The Morgan fingerprint density at radius 3 is 2.32 bits per heavy atom. The Morgan fingerprint density at radius 2 is 1.71 bits per heavy atom. The van der Waals surface area contributed by atoms with Gasteiger partial charge in [0.25, 0.3) is 0 Å². The summed E-state index contributed by atoms with van der Waals surface area (Å²) in [6.07, 6.45) is 3.08. The standard InChI is InChI=1S/C20H24N2O5S/c1-21-28(24,25)14-16-6-4-15(5-7-16)13-22-20(23)11-8-17-12-18(26-2)9-10-19(17)27-3/h4-12,21H,13-14H2,1-3H3,(H,22,23)/b11-8+. The average molecular weight is 404 g/mol. The summed E-state index contributed by atoms with van der Waals surface area (Å²) >= 11 is 0. The van der Waals surface area contributed by atoms with Gasteiger partial charge in [-0.25, -0.2) is 13.1 Å². The zero-order valence-corrected chi connectivity index (χ0v) is 16.9. The number of benzene rings is 2. The minimum absolute atomic E-state index is 0.0821. The highest BCUT2D eigenvalue weighted by molar-refractivity contribution is 7.88. The fourth-order valence-electron chi connectivity index (χ4n) is 2.43. The van der Waals surface area contributed by atoms with E-state index in [0.29, 0.717) is 23.6 Å². The lowest BCUT2D eigenvalue weighted by molar-refractivity contribution is -0.116.